The molecule has 0 bridgehead atoms. The van der Waals surface area contributed by atoms with Gasteiger partial charge in [-0.25, -0.2) is 0 Å². The smallest absolute Gasteiger partial charge is 0.307 e. The number of carboxylic acids is 1. The maximum atomic E-state index is 12.3. The molecule has 0 radical (unpaired) electrons. The summed E-state index contributed by atoms with van der Waals surface area (Å²) in [6.45, 7) is 21.8. The first-order valence-electron chi connectivity index (χ1n) is 19.5. The Morgan fingerprint density at radius 2 is 1.54 bits per heavy atom. The molecule has 0 unspecified atom stereocenters. The molecule has 0 atom stereocenters. The summed E-state index contributed by atoms with van der Waals surface area (Å²) in [6, 6.07) is 13.2. The number of piperidine rings is 2. The average Bonchev–Trinajstić information content (AvgIpc) is 3.83. The molecule has 7 nitrogen and oxygen atoms in total. The molecule has 4 heterocycles. The van der Waals surface area contributed by atoms with Gasteiger partial charge >= 0.3 is 5.97 Å². The second-order valence-electron chi connectivity index (χ2n) is 18.0. The molecule has 282 valence electrons. The minimum absolute atomic E-state index is 0.00502. The Balaban J connectivity index is 0.000000870. The number of rotatable bonds is 8. The molecule has 3 aromatic rings. The number of anilines is 1. The van der Waals surface area contributed by atoms with Crippen LogP contribution in [0.1, 0.15) is 112 Å². The van der Waals surface area contributed by atoms with Crippen molar-refractivity contribution in [3.63, 3.8) is 0 Å². The summed E-state index contributed by atoms with van der Waals surface area (Å²) in [5, 5.41) is 19.5. The van der Waals surface area contributed by atoms with Gasteiger partial charge in [-0.05, 0) is 137 Å². The number of fused-ring (bicyclic) bond motifs is 1. The van der Waals surface area contributed by atoms with Gasteiger partial charge in [0.1, 0.15) is 0 Å². The predicted octanol–water partition coefficient (Wildman–Crippen LogP) is 8.98. The topological polar surface area (TPSA) is 80.1 Å². The fraction of sp³-hybridized carbons (Fsp3) is 0.591. The first-order chi connectivity index (χ1) is 24.5. The van der Waals surface area contributed by atoms with Crippen molar-refractivity contribution < 1.29 is 15.0 Å². The molecular formula is C44H61ClN4O3. The third-order valence-corrected chi connectivity index (χ3v) is 12.2. The van der Waals surface area contributed by atoms with Gasteiger partial charge in [0.05, 0.1) is 23.4 Å². The van der Waals surface area contributed by atoms with E-state index in [0.29, 0.717) is 10.8 Å². The molecule has 1 aromatic heterocycles. The van der Waals surface area contributed by atoms with Crippen molar-refractivity contribution in [3.05, 3.63) is 80.6 Å². The number of aliphatic hydroxyl groups is 1. The van der Waals surface area contributed by atoms with Crippen LogP contribution >= 0.6 is 11.6 Å². The summed E-state index contributed by atoms with van der Waals surface area (Å²) < 4.78 is 0. The quantitative estimate of drug-likeness (QED) is 0.240. The fourth-order valence-electron chi connectivity index (χ4n) is 8.32. The molecule has 3 fully saturated rings. The van der Waals surface area contributed by atoms with Gasteiger partial charge in [-0.1, -0.05) is 55.8 Å². The molecule has 2 saturated heterocycles. The SMILES string of the molecule is CC(C)(C)O.Cc1cccc(Cl)c1CN1CCc2cc(-c3c(CN4CCC5(CC4)CC5)nc(C)c(CC(=O)O)c3N3CCC(C)(C)CC3)ccc2C1. The average molecular weight is 729 g/mol. The lowest BCUT2D eigenvalue weighted by Crippen LogP contribution is -2.39. The van der Waals surface area contributed by atoms with Gasteiger partial charge in [0.2, 0.25) is 0 Å². The zero-order valence-corrected chi connectivity index (χ0v) is 33.5. The molecule has 1 spiro atoms. The Morgan fingerprint density at radius 1 is 0.865 bits per heavy atom. The van der Waals surface area contributed by atoms with Gasteiger partial charge < -0.3 is 15.1 Å². The second-order valence-corrected chi connectivity index (χ2v) is 18.4. The Labute approximate surface area is 317 Å². The second kappa shape index (κ2) is 15.4. The van der Waals surface area contributed by atoms with E-state index in [1.807, 2.05) is 19.1 Å². The van der Waals surface area contributed by atoms with E-state index < -0.39 is 11.6 Å². The van der Waals surface area contributed by atoms with Crippen LogP contribution < -0.4 is 4.90 Å². The van der Waals surface area contributed by atoms with E-state index in [1.165, 1.54) is 53.5 Å². The zero-order valence-electron chi connectivity index (χ0n) is 32.7. The number of nitrogens with zero attached hydrogens (tertiary/aromatic N) is 4. The first-order valence-corrected chi connectivity index (χ1v) is 19.9. The lowest BCUT2D eigenvalue weighted by molar-refractivity contribution is -0.136. The van der Waals surface area contributed by atoms with Crippen LogP contribution in [0.4, 0.5) is 5.69 Å². The van der Waals surface area contributed by atoms with Crippen LogP contribution in [0, 0.1) is 24.7 Å². The van der Waals surface area contributed by atoms with Crippen LogP contribution in [-0.4, -0.2) is 69.3 Å². The number of carbonyl (C=O) groups is 1. The molecule has 1 aliphatic carbocycles. The molecule has 3 aliphatic heterocycles. The van der Waals surface area contributed by atoms with Crippen LogP contribution in [0.5, 0.6) is 0 Å². The standard InChI is InChI=1S/C40H51ClN4O2.C4H10O/c1-27-6-5-7-34(41)33(27)25-44-17-10-29-22-30(8-9-31(29)24-44)37-35(26-43-18-15-40(11-12-40)16-19-43)42-28(2)32(23-36(46)47)38(37)45-20-13-39(3,4)14-21-45;1-4(2,3)5/h5-9,22H,10-21,23-26H2,1-4H3,(H,46,47);5H,1-3H3. The van der Waals surface area contributed by atoms with E-state index in [9.17, 15) is 9.90 Å². The molecule has 52 heavy (non-hydrogen) atoms. The maximum absolute atomic E-state index is 12.3. The molecule has 4 aliphatic rings. The highest BCUT2D eigenvalue weighted by Crippen LogP contribution is 2.54. The van der Waals surface area contributed by atoms with Crippen LogP contribution in [-0.2, 0) is 37.3 Å². The fourth-order valence-corrected chi connectivity index (χ4v) is 8.60. The van der Waals surface area contributed by atoms with Gasteiger partial charge in [-0.3, -0.25) is 19.6 Å². The lowest BCUT2D eigenvalue weighted by atomic mass is 9.81. The Hall–Kier alpha value is -2.97. The first kappa shape index (κ1) is 38.7. The highest BCUT2D eigenvalue weighted by atomic mass is 35.5. The van der Waals surface area contributed by atoms with Crippen LogP contribution in [0.25, 0.3) is 11.1 Å². The third kappa shape index (κ3) is 9.57. The van der Waals surface area contributed by atoms with E-state index >= 15 is 0 Å². The van der Waals surface area contributed by atoms with Crippen molar-refractivity contribution in [2.75, 3.05) is 37.6 Å². The summed E-state index contributed by atoms with van der Waals surface area (Å²) in [6.07, 6.45) is 8.52. The van der Waals surface area contributed by atoms with Gasteiger partial charge in [0.25, 0.3) is 0 Å². The van der Waals surface area contributed by atoms with Crippen LogP contribution in [0.3, 0.4) is 0 Å². The maximum Gasteiger partial charge on any atom is 0.307 e. The summed E-state index contributed by atoms with van der Waals surface area (Å²) in [5.41, 5.74) is 11.9. The Bertz CT molecular complexity index is 1730. The van der Waals surface area contributed by atoms with Crippen LogP contribution in [0.2, 0.25) is 5.02 Å². The molecule has 2 aromatic carbocycles. The summed E-state index contributed by atoms with van der Waals surface area (Å²) in [7, 11) is 0. The van der Waals surface area contributed by atoms with Crippen LogP contribution in [0.15, 0.2) is 36.4 Å². The van der Waals surface area contributed by atoms with Crippen molar-refractivity contribution in [1.29, 1.82) is 0 Å². The number of likely N-dealkylation sites (tertiary alicyclic amines) is 1. The van der Waals surface area contributed by atoms with Crippen molar-refractivity contribution >= 4 is 23.3 Å². The number of aromatic nitrogens is 1. The monoisotopic (exact) mass is 728 g/mol. The van der Waals surface area contributed by atoms with E-state index in [-0.39, 0.29) is 6.42 Å². The minimum atomic E-state index is -0.794. The predicted molar refractivity (Wildman–Crippen MR) is 213 cm³/mol. The molecule has 2 N–H and O–H groups in total. The number of carboxylic acid groups (broad SMARTS) is 1. The molecule has 0 amide bonds. The number of hydrogen-bond donors (Lipinski definition) is 2. The molecule has 1 saturated carbocycles. The third-order valence-electron chi connectivity index (χ3n) is 11.9. The lowest BCUT2D eigenvalue weighted by Gasteiger charge is -2.41. The Morgan fingerprint density at radius 3 is 2.15 bits per heavy atom. The van der Waals surface area contributed by atoms with Gasteiger partial charge in [0, 0.05) is 61.1 Å². The largest absolute Gasteiger partial charge is 0.481 e. The van der Waals surface area contributed by atoms with Crippen molar-refractivity contribution in [3.8, 4) is 11.1 Å². The highest BCUT2D eigenvalue weighted by molar-refractivity contribution is 6.31. The van der Waals surface area contributed by atoms with Crippen molar-refractivity contribution in [1.82, 2.24) is 14.8 Å². The zero-order chi connectivity index (χ0) is 37.4. The summed E-state index contributed by atoms with van der Waals surface area (Å²) in [4.78, 5) is 25.2. The number of pyridine rings is 1. The normalized spacial score (nSPS) is 19.9. The number of aryl methyl sites for hydroxylation is 2. The number of aliphatic carboxylic acids is 1. The minimum Gasteiger partial charge on any atom is -0.481 e. The molecular weight excluding hydrogens is 668 g/mol. The van der Waals surface area contributed by atoms with Crippen molar-refractivity contribution in [2.24, 2.45) is 10.8 Å². The number of benzene rings is 2. The Kier molecular flexibility index (Phi) is 11.5. The van der Waals surface area contributed by atoms with E-state index in [0.717, 1.165) is 105 Å². The molecule has 8 heteroatoms. The van der Waals surface area contributed by atoms with E-state index in [4.69, 9.17) is 21.7 Å². The van der Waals surface area contributed by atoms with E-state index in [2.05, 4.69) is 59.7 Å². The molecule has 7 rings (SSSR count). The van der Waals surface area contributed by atoms with E-state index in [1.54, 1.807) is 20.8 Å². The van der Waals surface area contributed by atoms with Gasteiger partial charge in [-0.15, -0.1) is 0 Å². The highest BCUT2D eigenvalue weighted by Gasteiger charge is 2.44. The number of hydrogen-bond acceptors (Lipinski definition) is 6. The number of halogens is 1. The van der Waals surface area contributed by atoms with Gasteiger partial charge in [-0.2, -0.15) is 0 Å². The summed E-state index contributed by atoms with van der Waals surface area (Å²) >= 11 is 6.61. The summed E-state index contributed by atoms with van der Waals surface area (Å²) in [5.74, 6) is -0.794. The van der Waals surface area contributed by atoms with Gasteiger partial charge in [0.15, 0.2) is 0 Å². The van der Waals surface area contributed by atoms with Crippen molar-refractivity contribution in [2.45, 2.75) is 125 Å².